The van der Waals surface area contributed by atoms with Crippen LogP contribution < -0.4 is 4.72 Å². The standard InChI is InChI=1S/C14H11ClN2O3S/c15-12-5-6-14(18)13(7-12)17-21(19,20)9-11-4-2-1-3-10(11)8-16/h1-7,17-18H,9H2. The Kier molecular flexibility index (Phi) is 4.36. The molecule has 0 fully saturated rings. The van der Waals surface area contributed by atoms with Crippen molar-refractivity contribution in [3.8, 4) is 11.8 Å². The Morgan fingerprint density at radius 1 is 1.24 bits per heavy atom. The molecule has 0 aromatic heterocycles. The van der Waals surface area contributed by atoms with Gasteiger partial charge in [-0.2, -0.15) is 5.26 Å². The van der Waals surface area contributed by atoms with Crippen molar-refractivity contribution >= 4 is 27.3 Å². The predicted molar refractivity (Wildman–Crippen MR) is 80.5 cm³/mol. The van der Waals surface area contributed by atoms with E-state index in [1.54, 1.807) is 24.3 Å². The number of nitrogens with zero attached hydrogens (tertiary/aromatic N) is 1. The van der Waals surface area contributed by atoms with Crippen molar-refractivity contribution < 1.29 is 13.5 Å². The van der Waals surface area contributed by atoms with E-state index in [-0.39, 0.29) is 22.8 Å². The molecular weight excluding hydrogens is 312 g/mol. The number of nitriles is 1. The summed E-state index contributed by atoms with van der Waals surface area (Å²) in [5.41, 5.74) is 0.671. The molecule has 0 saturated carbocycles. The number of halogens is 1. The molecule has 21 heavy (non-hydrogen) atoms. The van der Waals surface area contributed by atoms with Crippen LogP contribution in [0.25, 0.3) is 0 Å². The maximum Gasteiger partial charge on any atom is 0.237 e. The molecular formula is C14H11ClN2O3S. The number of aromatic hydroxyl groups is 1. The third-order valence-corrected chi connectivity index (χ3v) is 4.16. The highest BCUT2D eigenvalue weighted by Gasteiger charge is 2.16. The Morgan fingerprint density at radius 3 is 2.67 bits per heavy atom. The molecule has 7 heteroatoms. The molecule has 0 radical (unpaired) electrons. The highest BCUT2D eigenvalue weighted by molar-refractivity contribution is 7.91. The van der Waals surface area contributed by atoms with Crippen LogP contribution in [0.5, 0.6) is 5.75 Å². The highest BCUT2D eigenvalue weighted by atomic mass is 35.5. The molecule has 2 aromatic carbocycles. The van der Waals surface area contributed by atoms with Gasteiger partial charge < -0.3 is 5.11 Å². The van der Waals surface area contributed by atoms with Gasteiger partial charge in [-0.1, -0.05) is 29.8 Å². The molecule has 0 aliphatic heterocycles. The third kappa shape index (κ3) is 3.88. The van der Waals surface area contributed by atoms with E-state index in [9.17, 15) is 13.5 Å². The lowest BCUT2D eigenvalue weighted by atomic mass is 10.1. The predicted octanol–water partition coefficient (Wildman–Crippen LogP) is 2.86. The van der Waals surface area contributed by atoms with Gasteiger partial charge in [-0.25, -0.2) is 8.42 Å². The van der Waals surface area contributed by atoms with E-state index >= 15 is 0 Å². The molecule has 2 aromatic rings. The van der Waals surface area contributed by atoms with Crippen molar-refractivity contribution in [1.29, 1.82) is 5.26 Å². The smallest absolute Gasteiger partial charge is 0.237 e. The quantitative estimate of drug-likeness (QED) is 0.847. The van der Waals surface area contributed by atoms with Crippen molar-refractivity contribution in [2.75, 3.05) is 4.72 Å². The van der Waals surface area contributed by atoms with Crippen LogP contribution >= 0.6 is 11.6 Å². The number of rotatable bonds is 4. The van der Waals surface area contributed by atoms with Crippen LogP contribution in [0, 0.1) is 11.3 Å². The Bertz CT molecular complexity index is 813. The summed E-state index contributed by atoms with van der Waals surface area (Å²) in [4.78, 5) is 0. The van der Waals surface area contributed by atoms with Crippen LogP contribution in [0.4, 0.5) is 5.69 Å². The molecule has 0 aliphatic rings. The van der Waals surface area contributed by atoms with Gasteiger partial charge >= 0.3 is 0 Å². The minimum absolute atomic E-state index is 0.00283. The van der Waals surface area contributed by atoms with Gasteiger partial charge in [0, 0.05) is 5.02 Å². The topological polar surface area (TPSA) is 90.2 Å². The number of benzene rings is 2. The lowest BCUT2D eigenvalue weighted by Crippen LogP contribution is -2.15. The lowest BCUT2D eigenvalue weighted by Gasteiger charge is -2.10. The van der Waals surface area contributed by atoms with Gasteiger partial charge in [0.25, 0.3) is 0 Å². The molecule has 0 heterocycles. The summed E-state index contributed by atoms with van der Waals surface area (Å²) in [5, 5.41) is 18.9. The summed E-state index contributed by atoms with van der Waals surface area (Å²) in [6.07, 6.45) is 0. The first-order chi connectivity index (χ1) is 9.91. The molecule has 0 bridgehead atoms. The number of phenols is 1. The number of sulfonamides is 1. The van der Waals surface area contributed by atoms with Crippen LogP contribution in [0.1, 0.15) is 11.1 Å². The zero-order valence-electron chi connectivity index (χ0n) is 10.7. The van der Waals surface area contributed by atoms with Gasteiger partial charge in [-0.05, 0) is 29.8 Å². The average molecular weight is 323 g/mol. The first-order valence-electron chi connectivity index (χ1n) is 5.88. The summed E-state index contributed by atoms with van der Waals surface area (Å²) in [6, 6.07) is 12.4. The van der Waals surface area contributed by atoms with E-state index in [2.05, 4.69) is 4.72 Å². The van der Waals surface area contributed by atoms with Crippen molar-refractivity contribution in [3.05, 3.63) is 58.6 Å². The van der Waals surface area contributed by atoms with Gasteiger partial charge in [0.05, 0.1) is 23.1 Å². The molecule has 2 N–H and O–H groups in total. The molecule has 0 spiro atoms. The Morgan fingerprint density at radius 2 is 1.95 bits per heavy atom. The number of anilines is 1. The van der Waals surface area contributed by atoms with E-state index in [0.717, 1.165) is 0 Å². The summed E-state index contributed by atoms with van der Waals surface area (Å²) >= 11 is 5.76. The number of nitrogens with one attached hydrogen (secondary N) is 1. The van der Waals surface area contributed by atoms with Crippen molar-refractivity contribution in [2.24, 2.45) is 0 Å². The van der Waals surface area contributed by atoms with Crippen LogP contribution in [-0.2, 0) is 15.8 Å². The van der Waals surface area contributed by atoms with Crippen LogP contribution in [0.2, 0.25) is 5.02 Å². The van der Waals surface area contributed by atoms with Gasteiger partial charge in [0.1, 0.15) is 5.75 Å². The summed E-state index contributed by atoms with van der Waals surface area (Å²) < 4.78 is 26.5. The second-order valence-corrected chi connectivity index (χ2v) is 6.45. The largest absolute Gasteiger partial charge is 0.506 e. The van der Waals surface area contributed by atoms with E-state index in [0.29, 0.717) is 10.6 Å². The molecule has 2 rings (SSSR count). The molecule has 0 amide bonds. The fourth-order valence-corrected chi connectivity index (χ4v) is 3.16. The second-order valence-electron chi connectivity index (χ2n) is 4.29. The number of hydrogen-bond acceptors (Lipinski definition) is 4. The zero-order valence-corrected chi connectivity index (χ0v) is 12.3. The zero-order chi connectivity index (χ0) is 15.5. The van der Waals surface area contributed by atoms with Crippen LogP contribution in [0.3, 0.4) is 0 Å². The molecule has 5 nitrogen and oxygen atoms in total. The Hall–Kier alpha value is -2.23. The highest BCUT2D eigenvalue weighted by Crippen LogP contribution is 2.28. The van der Waals surface area contributed by atoms with E-state index in [4.69, 9.17) is 16.9 Å². The Balaban J connectivity index is 2.27. The van der Waals surface area contributed by atoms with E-state index in [1.807, 2.05) is 6.07 Å². The monoisotopic (exact) mass is 322 g/mol. The molecule has 0 aliphatic carbocycles. The number of hydrogen-bond donors (Lipinski definition) is 2. The maximum atomic E-state index is 12.1. The minimum atomic E-state index is -3.78. The SMILES string of the molecule is N#Cc1ccccc1CS(=O)(=O)Nc1cc(Cl)ccc1O. The third-order valence-electron chi connectivity index (χ3n) is 2.71. The lowest BCUT2D eigenvalue weighted by molar-refractivity contribution is 0.477. The van der Waals surface area contributed by atoms with E-state index < -0.39 is 10.0 Å². The molecule has 0 atom stereocenters. The fourth-order valence-electron chi connectivity index (χ4n) is 1.75. The van der Waals surface area contributed by atoms with E-state index in [1.165, 1.54) is 18.2 Å². The summed E-state index contributed by atoms with van der Waals surface area (Å²) in [7, 11) is -3.78. The average Bonchev–Trinajstić information content (AvgIpc) is 2.43. The first-order valence-corrected chi connectivity index (χ1v) is 7.91. The van der Waals surface area contributed by atoms with Gasteiger partial charge in [-0.3, -0.25) is 4.72 Å². The van der Waals surface area contributed by atoms with Gasteiger partial charge in [-0.15, -0.1) is 0 Å². The second kappa shape index (κ2) is 6.04. The van der Waals surface area contributed by atoms with Gasteiger partial charge in [0.2, 0.25) is 10.0 Å². The first kappa shape index (κ1) is 15.2. The van der Waals surface area contributed by atoms with Gasteiger partial charge in [0.15, 0.2) is 0 Å². The normalized spacial score (nSPS) is 10.9. The van der Waals surface area contributed by atoms with Crippen molar-refractivity contribution in [3.63, 3.8) is 0 Å². The molecule has 108 valence electrons. The summed E-state index contributed by atoms with van der Waals surface area (Å²) in [5.74, 6) is -0.598. The molecule has 0 saturated heterocycles. The minimum Gasteiger partial charge on any atom is -0.506 e. The van der Waals surface area contributed by atoms with Crippen LogP contribution in [0.15, 0.2) is 42.5 Å². The fraction of sp³-hybridized carbons (Fsp3) is 0.0714. The van der Waals surface area contributed by atoms with Crippen LogP contribution in [-0.4, -0.2) is 13.5 Å². The number of phenolic OH excluding ortho intramolecular Hbond substituents is 1. The molecule has 0 unspecified atom stereocenters. The van der Waals surface area contributed by atoms with Crippen molar-refractivity contribution in [2.45, 2.75) is 5.75 Å². The summed E-state index contributed by atoms with van der Waals surface area (Å²) in [6.45, 7) is 0. The van der Waals surface area contributed by atoms with Crippen molar-refractivity contribution in [1.82, 2.24) is 0 Å². The maximum absolute atomic E-state index is 12.1. The Labute approximate surface area is 127 Å².